The summed E-state index contributed by atoms with van der Waals surface area (Å²) in [4.78, 5) is 17.5. The number of benzene rings is 2. The number of para-hydroxylation sites is 1. The minimum absolute atomic E-state index is 0.193. The number of nitrogens with zero attached hydrogens (tertiary/aromatic N) is 3. The first-order valence-corrected chi connectivity index (χ1v) is 9.35. The smallest absolute Gasteiger partial charge is 0.256 e. The van der Waals surface area contributed by atoms with Crippen LogP contribution in [-0.4, -0.2) is 27.8 Å². The fourth-order valence-electron chi connectivity index (χ4n) is 3.30. The summed E-state index contributed by atoms with van der Waals surface area (Å²) in [7, 11) is 1.63. The number of hydrogen-bond donors (Lipinski definition) is 1. The topological polar surface area (TPSA) is 69.0 Å². The van der Waals surface area contributed by atoms with E-state index in [9.17, 15) is 4.79 Å². The van der Waals surface area contributed by atoms with Gasteiger partial charge in [-0.05, 0) is 50.6 Å². The molecule has 6 nitrogen and oxygen atoms in total. The Balaban J connectivity index is 1.77. The largest absolute Gasteiger partial charge is 0.494 e. The van der Waals surface area contributed by atoms with Crippen LogP contribution in [0.25, 0.3) is 16.7 Å². The minimum Gasteiger partial charge on any atom is -0.494 e. The molecule has 0 saturated carbocycles. The Morgan fingerprint density at radius 3 is 2.52 bits per heavy atom. The minimum atomic E-state index is -0.193. The predicted molar refractivity (Wildman–Crippen MR) is 114 cm³/mol. The van der Waals surface area contributed by atoms with E-state index in [0.29, 0.717) is 22.9 Å². The molecule has 2 aromatic heterocycles. The summed E-state index contributed by atoms with van der Waals surface area (Å²) in [5.74, 6) is 1.68. The molecule has 0 spiro atoms. The zero-order valence-corrected chi connectivity index (χ0v) is 16.9. The van der Waals surface area contributed by atoms with E-state index < -0.39 is 0 Å². The molecule has 0 aliphatic rings. The number of aromatic nitrogens is 3. The summed E-state index contributed by atoms with van der Waals surface area (Å²) in [6.07, 6.45) is 0. The van der Waals surface area contributed by atoms with Crippen LogP contribution in [0, 0.1) is 20.8 Å². The van der Waals surface area contributed by atoms with Gasteiger partial charge in [0, 0.05) is 17.0 Å². The zero-order chi connectivity index (χ0) is 20.5. The Morgan fingerprint density at radius 1 is 1.03 bits per heavy atom. The third-order valence-corrected chi connectivity index (χ3v) is 4.82. The number of rotatable bonds is 4. The summed E-state index contributed by atoms with van der Waals surface area (Å²) in [6, 6.07) is 17.1. The van der Waals surface area contributed by atoms with Crippen LogP contribution in [-0.2, 0) is 0 Å². The SMILES string of the molecule is COc1cccc2c(C)cc(-n3nc(C)cc3NC(=O)c3ccc(C)cc3)nc12. The van der Waals surface area contributed by atoms with Crippen molar-refractivity contribution in [2.75, 3.05) is 12.4 Å². The molecule has 0 unspecified atom stereocenters. The quantitative estimate of drug-likeness (QED) is 0.556. The fraction of sp³-hybridized carbons (Fsp3) is 0.174. The molecule has 0 bridgehead atoms. The van der Waals surface area contributed by atoms with Gasteiger partial charge < -0.3 is 10.1 Å². The molecule has 0 aliphatic heterocycles. The molecule has 1 amide bonds. The van der Waals surface area contributed by atoms with Gasteiger partial charge in [0.2, 0.25) is 0 Å². The maximum absolute atomic E-state index is 12.7. The zero-order valence-electron chi connectivity index (χ0n) is 16.9. The van der Waals surface area contributed by atoms with Gasteiger partial charge in [-0.3, -0.25) is 4.79 Å². The second-order valence-electron chi connectivity index (χ2n) is 7.06. The van der Waals surface area contributed by atoms with Crippen LogP contribution in [0.2, 0.25) is 0 Å². The van der Waals surface area contributed by atoms with E-state index in [1.165, 1.54) is 0 Å². The lowest BCUT2D eigenvalue weighted by Gasteiger charge is -2.12. The van der Waals surface area contributed by atoms with Gasteiger partial charge in [0.05, 0.1) is 12.8 Å². The second-order valence-corrected chi connectivity index (χ2v) is 7.06. The molecule has 1 N–H and O–H groups in total. The van der Waals surface area contributed by atoms with Crippen LogP contribution in [0.15, 0.2) is 54.6 Å². The van der Waals surface area contributed by atoms with Gasteiger partial charge in [-0.2, -0.15) is 9.78 Å². The van der Waals surface area contributed by atoms with Gasteiger partial charge in [0.15, 0.2) is 5.82 Å². The average molecular weight is 386 g/mol. The number of anilines is 1. The Kier molecular flexibility index (Phi) is 4.76. The van der Waals surface area contributed by atoms with Gasteiger partial charge in [0.1, 0.15) is 17.1 Å². The predicted octanol–water partition coefficient (Wildman–Crippen LogP) is 4.61. The molecule has 0 saturated heterocycles. The molecule has 0 aliphatic carbocycles. The number of hydrogen-bond acceptors (Lipinski definition) is 4. The lowest BCUT2D eigenvalue weighted by Crippen LogP contribution is -2.15. The monoisotopic (exact) mass is 386 g/mol. The maximum Gasteiger partial charge on any atom is 0.256 e. The van der Waals surface area contributed by atoms with Gasteiger partial charge in [-0.25, -0.2) is 4.98 Å². The highest BCUT2D eigenvalue weighted by atomic mass is 16.5. The summed E-state index contributed by atoms with van der Waals surface area (Å²) >= 11 is 0. The number of ether oxygens (including phenoxy) is 1. The number of carbonyl (C=O) groups is 1. The van der Waals surface area contributed by atoms with E-state index in [2.05, 4.69) is 10.4 Å². The van der Waals surface area contributed by atoms with Crippen molar-refractivity contribution in [3.63, 3.8) is 0 Å². The molecule has 146 valence electrons. The van der Waals surface area contributed by atoms with Crippen molar-refractivity contribution in [3.05, 3.63) is 77.0 Å². The molecule has 6 heteroatoms. The Labute approximate surface area is 169 Å². The van der Waals surface area contributed by atoms with Crippen molar-refractivity contribution in [2.24, 2.45) is 0 Å². The fourth-order valence-corrected chi connectivity index (χ4v) is 3.30. The maximum atomic E-state index is 12.7. The van der Waals surface area contributed by atoms with Crippen LogP contribution in [0.4, 0.5) is 5.82 Å². The number of methoxy groups -OCH3 is 1. The van der Waals surface area contributed by atoms with Crippen molar-refractivity contribution in [1.82, 2.24) is 14.8 Å². The standard InChI is InChI=1S/C23H22N4O2/c1-14-8-10-17(11-9-14)23(28)25-21-13-16(3)26-27(21)20-12-15(2)18-6-5-7-19(29-4)22(18)24-20/h5-13H,1-4H3,(H,25,28). The van der Waals surface area contributed by atoms with Gasteiger partial charge in [-0.15, -0.1) is 0 Å². The number of fused-ring (bicyclic) bond motifs is 1. The lowest BCUT2D eigenvalue weighted by atomic mass is 10.1. The average Bonchev–Trinajstić information content (AvgIpc) is 3.08. The van der Waals surface area contributed by atoms with Crippen LogP contribution >= 0.6 is 0 Å². The molecule has 29 heavy (non-hydrogen) atoms. The van der Waals surface area contributed by atoms with Gasteiger partial charge in [0.25, 0.3) is 5.91 Å². The third kappa shape index (κ3) is 3.57. The molecule has 4 rings (SSSR count). The van der Waals surface area contributed by atoms with E-state index in [1.807, 2.05) is 75.4 Å². The number of aryl methyl sites for hydroxylation is 3. The summed E-state index contributed by atoms with van der Waals surface area (Å²) in [6.45, 7) is 5.89. The summed E-state index contributed by atoms with van der Waals surface area (Å²) in [5.41, 5.74) is 4.28. The van der Waals surface area contributed by atoms with E-state index >= 15 is 0 Å². The molecular formula is C23H22N4O2. The first-order chi connectivity index (χ1) is 14.0. The van der Waals surface area contributed by atoms with E-state index in [-0.39, 0.29) is 5.91 Å². The van der Waals surface area contributed by atoms with Crippen molar-refractivity contribution in [2.45, 2.75) is 20.8 Å². The van der Waals surface area contributed by atoms with Crippen LogP contribution in [0.1, 0.15) is 27.2 Å². The molecule has 4 aromatic rings. The first-order valence-electron chi connectivity index (χ1n) is 9.35. The molecular weight excluding hydrogens is 364 g/mol. The Hall–Kier alpha value is -3.67. The van der Waals surface area contributed by atoms with Crippen LogP contribution < -0.4 is 10.1 Å². The van der Waals surface area contributed by atoms with Crippen molar-refractivity contribution < 1.29 is 9.53 Å². The number of amides is 1. The van der Waals surface area contributed by atoms with Crippen LogP contribution in [0.3, 0.4) is 0 Å². The number of carbonyl (C=O) groups excluding carboxylic acids is 1. The first kappa shape index (κ1) is 18.7. The molecule has 0 atom stereocenters. The molecule has 2 heterocycles. The molecule has 0 fully saturated rings. The van der Waals surface area contributed by atoms with Gasteiger partial charge in [-0.1, -0.05) is 29.8 Å². The van der Waals surface area contributed by atoms with Crippen molar-refractivity contribution >= 4 is 22.6 Å². The van der Waals surface area contributed by atoms with E-state index in [1.54, 1.807) is 11.8 Å². The molecule has 2 aromatic carbocycles. The number of nitrogens with one attached hydrogen (secondary N) is 1. The summed E-state index contributed by atoms with van der Waals surface area (Å²) in [5, 5.41) is 8.51. The van der Waals surface area contributed by atoms with Crippen molar-refractivity contribution in [3.8, 4) is 11.6 Å². The highest BCUT2D eigenvalue weighted by molar-refractivity contribution is 6.04. The third-order valence-electron chi connectivity index (χ3n) is 4.82. The van der Waals surface area contributed by atoms with Gasteiger partial charge >= 0.3 is 0 Å². The van der Waals surface area contributed by atoms with Crippen molar-refractivity contribution in [1.29, 1.82) is 0 Å². The Bertz CT molecular complexity index is 1210. The number of pyridine rings is 1. The highest BCUT2D eigenvalue weighted by Gasteiger charge is 2.15. The molecule has 0 radical (unpaired) electrons. The Morgan fingerprint density at radius 2 is 1.79 bits per heavy atom. The summed E-state index contributed by atoms with van der Waals surface area (Å²) < 4.78 is 7.13. The van der Waals surface area contributed by atoms with E-state index in [0.717, 1.165) is 27.7 Å². The van der Waals surface area contributed by atoms with E-state index in [4.69, 9.17) is 9.72 Å². The lowest BCUT2D eigenvalue weighted by molar-refractivity contribution is 0.102. The second kappa shape index (κ2) is 7.39. The normalized spacial score (nSPS) is 10.9. The highest BCUT2D eigenvalue weighted by Crippen LogP contribution is 2.28. The van der Waals surface area contributed by atoms with Crippen LogP contribution in [0.5, 0.6) is 5.75 Å².